The molecule has 1 N–H and O–H groups in total. The third-order valence-corrected chi connectivity index (χ3v) is 6.30. The number of rotatable bonds is 5. The van der Waals surface area contributed by atoms with E-state index in [1.165, 1.54) is 43.4 Å². The number of nitrogens with one attached hydrogen (secondary N) is 1. The normalized spacial score (nSPS) is 16.1. The molecule has 1 unspecified atom stereocenters. The van der Waals surface area contributed by atoms with Gasteiger partial charge in [-0.25, -0.2) is 4.98 Å². The Labute approximate surface area is 162 Å². The van der Waals surface area contributed by atoms with Crippen LogP contribution in [0, 0.1) is 17.2 Å². The van der Waals surface area contributed by atoms with E-state index in [-0.39, 0.29) is 11.9 Å². The average molecular weight is 379 g/mol. The van der Waals surface area contributed by atoms with Crippen molar-refractivity contribution in [1.29, 1.82) is 5.26 Å². The van der Waals surface area contributed by atoms with E-state index >= 15 is 0 Å². The van der Waals surface area contributed by atoms with Crippen molar-refractivity contribution in [1.82, 2.24) is 9.55 Å². The highest BCUT2D eigenvalue weighted by Gasteiger charge is 2.27. The number of hydrogen-bond donors (Lipinski definition) is 1. The first-order chi connectivity index (χ1) is 13.2. The number of hydrogen-bond acceptors (Lipinski definition) is 4. The van der Waals surface area contributed by atoms with Gasteiger partial charge in [0.05, 0.1) is 21.8 Å². The van der Waals surface area contributed by atoms with Crippen LogP contribution < -0.4 is 5.32 Å². The van der Waals surface area contributed by atoms with Crippen LogP contribution in [0.25, 0.3) is 10.2 Å². The standard InChI is InChI=1S/C21H22N4OS/c22-14-15-8-9-17-19(12-15)27-21(23-17)24-20(26)13-18(25-10-4-5-11-25)16-6-2-1-3-7-16/h4-5,8-12,16,18H,1-3,6-7,13H2,(H,23,24,26). The van der Waals surface area contributed by atoms with Gasteiger partial charge in [0.15, 0.2) is 5.13 Å². The van der Waals surface area contributed by atoms with Gasteiger partial charge in [0.2, 0.25) is 5.91 Å². The molecule has 0 spiro atoms. The highest BCUT2D eigenvalue weighted by Crippen LogP contribution is 2.35. The average Bonchev–Trinajstić information content (AvgIpc) is 3.35. The van der Waals surface area contributed by atoms with E-state index in [2.05, 4.69) is 33.3 Å². The number of anilines is 1. The Morgan fingerprint density at radius 1 is 1.30 bits per heavy atom. The van der Waals surface area contributed by atoms with Gasteiger partial charge in [0, 0.05) is 24.9 Å². The zero-order chi connectivity index (χ0) is 18.6. The molecule has 138 valence electrons. The molecule has 0 saturated heterocycles. The van der Waals surface area contributed by atoms with Gasteiger partial charge in [-0.05, 0) is 49.1 Å². The number of fused-ring (bicyclic) bond motifs is 1. The number of nitrogens with zero attached hydrogens (tertiary/aromatic N) is 3. The minimum Gasteiger partial charge on any atom is -0.350 e. The lowest BCUT2D eigenvalue weighted by Crippen LogP contribution is -2.26. The zero-order valence-electron chi connectivity index (χ0n) is 15.1. The molecule has 6 heteroatoms. The quantitative estimate of drug-likeness (QED) is 0.670. The monoisotopic (exact) mass is 378 g/mol. The van der Waals surface area contributed by atoms with Crippen LogP contribution in [-0.2, 0) is 4.79 Å². The van der Waals surface area contributed by atoms with E-state index in [1.54, 1.807) is 6.07 Å². The lowest BCUT2D eigenvalue weighted by Gasteiger charge is -2.31. The highest BCUT2D eigenvalue weighted by molar-refractivity contribution is 7.22. The summed E-state index contributed by atoms with van der Waals surface area (Å²) in [5, 5.41) is 12.6. The lowest BCUT2D eigenvalue weighted by molar-refractivity contribution is -0.117. The molecule has 27 heavy (non-hydrogen) atoms. The summed E-state index contributed by atoms with van der Waals surface area (Å²) in [4.78, 5) is 17.2. The SMILES string of the molecule is N#Cc1ccc2nc(NC(=O)CC(C3CCCCC3)n3cccc3)sc2c1. The Bertz CT molecular complexity index is 964. The lowest BCUT2D eigenvalue weighted by atomic mass is 9.82. The molecule has 1 aliphatic rings. The van der Waals surface area contributed by atoms with Crippen LogP contribution in [0.4, 0.5) is 5.13 Å². The Morgan fingerprint density at radius 2 is 2.07 bits per heavy atom. The summed E-state index contributed by atoms with van der Waals surface area (Å²) in [7, 11) is 0. The van der Waals surface area contributed by atoms with Crippen molar-refractivity contribution in [2.75, 3.05) is 5.32 Å². The number of carbonyl (C=O) groups excluding carboxylic acids is 1. The van der Waals surface area contributed by atoms with Crippen LogP contribution in [0.5, 0.6) is 0 Å². The van der Waals surface area contributed by atoms with E-state index in [1.807, 2.05) is 24.3 Å². The molecule has 1 fully saturated rings. The first-order valence-electron chi connectivity index (χ1n) is 9.46. The molecule has 1 aliphatic carbocycles. The van der Waals surface area contributed by atoms with Crippen molar-refractivity contribution in [2.45, 2.75) is 44.6 Å². The fourth-order valence-electron chi connectivity index (χ4n) is 4.01. The Morgan fingerprint density at radius 3 is 2.81 bits per heavy atom. The van der Waals surface area contributed by atoms with Crippen molar-refractivity contribution in [3.8, 4) is 6.07 Å². The number of carbonyl (C=O) groups is 1. The first kappa shape index (κ1) is 17.7. The third-order valence-electron chi connectivity index (χ3n) is 5.36. The highest BCUT2D eigenvalue weighted by atomic mass is 32.1. The van der Waals surface area contributed by atoms with Crippen molar-refractivity contribution >= 4 is 32.6 Å². The fourth-order valence-corrected chi connectivity index (χ4v) is 4.93. The van der Waals surface area contributed by atoms with Crippen molar-refractivity contribution in [3.63, 3.8) is 0 Å². The molecule has 1 saturated carbocycles. The first-order valence-corrected chi connectivity index (χ1v) is 10.3. The van der Waals surface area contributed by atoms with Crippen molar-refractivity contribution < 1.29 is 4.79 Å². The summed E-state index contributed by atoms with van der Waals surface area (Å²) >= 11 is 1.41. The molecule has 0 bridgehead atoms. The van der Waals surface area contributed by atoms with Crippen LogP contribution in [0.3, 0.4) is 0 Å². The van der Waals surface area contributed by atoms with Gasteiger partial charge in [-0.15, -0.1) is 0 Å². The third kappa shape index (κ3) is 4.04. The fraction of sp³-hybridized carbons (Fsp3) is 0.381. The minimum absolute atomic E-state index is 0.00108. The summed E-state index contributed by atoms with van der Waals surface area (Å²) in [5.74, 6) is 0.546. The van der Waals surface area contributed by atoms with E-state index in [9.17, 15) is 4.79 Å². The summed E-state index contributed by atoms with van der Waals surface area (Å²) in [6.07, 6.45) is 10.8. The maximum absolute atomic E-state index is 12.8. The van der Waals surface area contributed by atoms with Gasteiger partial charge in [-0.2, -0.15) is 5.26 Å². The van der Waals surface area contributed by atoms with E-state index in [0.717, 1.165) is 10.2 Å². The van der Waals surface area contributed by atoms with Crippen LogP contribution in [0.15, 0.2) is 42.7 Å². The number of benzene rings is 1. The molecule has 4 rings (SSSR count). The Kier molecular flexibility index (Phi) is 5.21. The van der Waals surface area contributed by atoms with Crippen molar-refractivity contribution in [2.24, 2.45) is 5.92 Å². The van der Waals surface area contributed by atoms with Gasteiger partial charge in [-0.1, -0.05) is 30.6 Å². The van der Waals surface area contributed by atoms with Crippen LogP contribution in [-0.4, -0.2) is 15.5 Å². The van der Waals surface area contributed by atoms with Crippen LogP contribution in [0.1, 0.15) is 50.1 Å². The molecule has 1 atom stereocenters. The molecule has 1 aromatic carbocycles. The molecular weight excluding hydrogens is 356 g/mol. The minimum atomic E-state index is -0.00108. The summed E-state index contributed by atoms with van der Waals surface area (Å²) in [5.41, 5.74) is 1.41. The van der Waals surface area contributed by atoms with Gasteiger partial charge in [0.25, 0.3) is 0 Å². The van der Waals surface area contributed by atoms with E-state index < -0.39 is 0 Å². The smallest absolute Gasteiger partial charge is 0.228 e. The number of nitriles is 1. The van der Waals surface area contributed by atoms with Gasteiger partial charge in [-0.3, -0.25) is 4.79 Å². The maximum Gasteiger partial charge on any atom is 0.228 e. The largest absolute Gasteiger partial charge is 0.350 e. The summed E-state index contributed by atoms with van der Waals surface area (Å²) < 4.78 is 3.10. The maximum atomic E-state index is 12.8. The second kappa shape index (κ2) is 7.93. The van der Waals surface area contributed by atoms with Crippen molar-refractivity contribution in [3.05, 3.63) is 48.3 Å². The van der Waals surface area contributed by atoms with Gasteiger partial charge in [0.1, 0.15) is 0 Å². The molecule has 2 aromatic heterocycles. The summed E-state index contributed by atoms with van der Waals surface area (Å²) in [6, 6.07) is 11.8. The molecule has 5 nitrogen and oxygen atoms in total. The van der Waals surface area contributed by atoms with Gasteiger partial charge < -0.3 is 9.88 Å². The molecule has 0 radical (unpaired) electrons. The van der Waals surface area contributed by atoms with E-state index in [0.29, 0.717) is 23.0 Å². The number of thiazole rings is 1. The molecular formula is C21H22N4OS. The van der Waals surface area contributed by atoms with Crippen LogP contribution >= 0.6 is 11.3 Å². The van der Waals surface area contributed by atoms with E-state index in [4.69, 9.17) is 5.26 Å². The second-order valence-corrected chi connectivity index (χ2v) is 8.19. The summed E-state index contributed by atoms with van der Waals surface area (Å²) in [6.45, 7) is 0. The molecule has 3 aromatic rings. The predicted molar refractivity (Wildman–Crippen MR) is 108 cm³/mol. The number of aromatic nitrogens is 2. The van der Waals surface area contributed by atoms with Gasteiger partial charge >= 0.3 is 0 Å². The predicted octanol–water partition coefficient (Wildman–Crippen LogP) is 5.12. The second-order valence-electron chi connectivity index (χ2n) is 7.16. The Balaban J connectivity index is 1.48. The van der Waals surface area contributed by atoms with Crippen LogP contribution in [0.2, 0.25) is 0 Å². The number of amides is 1. The topological polar surface area (TPSA) is 70.7 Å². The Hall–Kier alpha value is -2.65. The molecule has 1 amide bonds. The molecule has 0 aliphatic heterocycles. The molecule has 2 heterocycles. The zero-order valence-corrected chi connectivity index (χ0v) is 15.9.